The van der Waals surface area contributed by atoms with Gasteiger partial charge in [0.1, 0.15) is 0 Å². The Balaban J connectivity index is 1.87. The molecule has 1 unspecified atom stereocenters. The highest BCUT2D eigenvalue weighted by molar-refractivity contribution is 9.10. The molecule has 1 fully saturated rings. The molecule has 1 aliphatic carbocycles. The number of nitrogens with one attached hydrogen (secondary N) is 1. The van der Waals surface area contributed by atoms with Gasteiger partial charge in [0, 0.05) is 18.9 Å². The largest absolute Gasteiger partial charge is 0.383 e. The smallest absolute Gasteiger partial charge is 0.0590 e. The van der Waals surface area contributed by atoms with Gasteiger partial charge in [0.15, 0.2) is 0 Å². The molecule has 14 heavy (non-hydrogen) atoms. The van der Waals surface area contributed by atoms with Gasteiger partial charge >= 0.3 is 0 Å². The Kier molecular flexibility index (Phi) is 3.29. The van der Waals surface area contributed by atoms with Crippen molar-refractivity contribution >= 4 is 33.2 Å². The molecule has 0 aliphatic heterocycles. The van der Waals surface area contributed by atoms with Crippen LogP contribution in [-0.2, 0) is 0 Å². The Morgan fingerprint density at radius 2 is 2.43 bits per heavy atom. The molecule has 0 radical (unpaired) electrons. The van der Waals surface area contributed by atoms with Crippen LogP contribution in [0.4, 0.5) is 5.69 Å². The van der Waals surface area contributed by atoms with Crippen molar-refractivity contribution in [2.75, 3.05) is 11.9 Å². The standard InChI is InChI=1S/C10H12BrClN2/c11-8-5-13-4-3-10(8)14-6-9(12)7-1-2-7/h3-5,7,9H,1-2,6H2,(H,13,14). The average molecular weight is 276 g/mol. The van der Waals surface area contributed by atoms with Gasteiger partial charge in [0.05, 0.1) is 15.5 Å². The summed E-state index contributed by atoms with van der Waals surface area (Å²) in [6.45, 7) is 0.828. The molecule has 1 heterocycles. The van der Waals surface area contributed by atoms with Crippen LogP contribution in [0.1, 0.15) is 12.8 Å². The molecule has 2 rings (SSSR count). The van der Waals surface area contributed by atoms with Crippen LogP contribution in [-0.4, -0.2) is 16.9 Å². The van der Waals surface area contributed by atoms with E-state index >= 15 is 0 Å². The third kappa shape index (κ3) is 2.61. The topological polar surface area (TPSA) is 24.9 Å². The Labute approximate surface area is 97.2 Å². The third-order valence-electron chi connectivity index (χ3n) is 2.39. The molecule has 0 saturated heterocycles. The van der Waals surface area contributed by atoms with E-state index in [0.29, 0.717) is 0 Å². The van der Waals surface area contributed by atoms with Gasteiger partial charge < -0.3 is 5.32 Å². The number of pyridine rings is 1. The number of nitrogens with zero attached hydrogens (tertiary/aromatic N) is 1. The zero-order valence-corrected chi connectivity index (χ0v) is 10.1. The molecular weight excluding hydrogens is 263 g/mol. The maximum Gasteiger partial charge on any atom is 0.0590 e. The van der Waals surface area contributed by atoms with Gasteiger partial charge in [-0.2, -0.15) is 0 Å². The molecule has 4 heteroatoms. The van der Waals surface area contributed by atoms with Crippen LogP contribution >= 0.6 is 27.5 Å². The van der Waals surface area contributed by atoms with Crippen LogP contribution in [0.15, 0.2) is 22.9 Å². The summed E-state index contributed by atoms with van der Waals surface area (Å²) >= 11 is 9.62. The maximum atomic E-state index is 6.19. The van der Waals surface area contributed by atoms with Crippen molar-refractivity contribution in [3.05, 3.63) is 22.9 Å². The van der Waals surface area contributed by atoms with Crippen LogP contribution in [0.5, 0.6) is 0 Å². The first-order chi connectivity index (χ1) is 6.77. The molecule has 76 valence electrons. The van der Waals surface area contributed by atoms with Crippen LogP contribution in [0, 0.1) is 5.92 Å². The number of rotatable bonds is 4. The second kappa shape index (κ2) is 4.49. The van der Waals surface area contributed by atoms with Gasteiger partial charge in [-0.15, -0.1) is 11.6 Å². The zero-order valence-electron chi connectivity index (χ0n) is 7.71. The van der Waals surface area contributed by atoms with Crippen molar-refractivity contribution in [2.24, 2.45) is 5.92 Å². The zero-order chi connectivity index (χ0) is 9.97. The highest BCUT2D eigenvalue weighted by Gasteiger charge is 2.29. The van der Waals surface area contributed by atoms with E-state index in [1.54, 1.807) is 12.4 Å². The number of anilines is 1. The van der Waals surface area contributed by atoms with Crippen LogP contribution in [0.2, 0.25) is 0 Å². The number of hydrogen-bond donors (Lipinski definition) is 1. The summed E-state index contributed by atoms with van der Waals surface area (Å²) in [4.78, 5) is 4.00. The molecule has 1 saturated carbocycles. The molecule has 1 atom stereocenters. The van der Waals surface area contributed by atoms with Crippen molar-refractivity contribution in [1.82, 2.24) is 4.98 Å². The second-order valence-electron chi connectivity index (χ2n) is 3.59. The van der Waals surface area contributed by atoms with E-state index in [0.717, 1.165) is 22.6 Å². The molecule has 0 bridgehead atoms. The van der Waals surface area contributed by atoms with Gasteiger partial charge in [0.2, 0.25) is 0 Å². The fraction of sp³-hybridized carbons (Fsp3) is 0.500. The highest BCUT2D eigenvalue weighted by Crippen LogP contribution is 2.35. The van der Waals surface area contributed by atoms with Crippen LogP contribution in [0.3, 0.4) is 0 Å². The quantitative estimate of drug-likeness (QED) is 0.853. The van der Waals surface area contributed by atoms with Crippen LogP contribution in [0.25, 0.3) is 0 Å². The van der Waals surface area contributed by atoms with Gasteiger partial charge in [0.25, 0.3) is 0 Å². The van der Waals surface area contributed by atoms with Crippen molar-refractivity contribution < 1.29 is 0 Å². The molecule has 1 aromatic rings. The Bertz CT molecular complexity index is 315. The van der Waals surface area contributed by atoms with Gasteiger partial charge in [-0.25, -0.2) is 0 Å². The molecule has 2 nitrogen and oxygen atoms in total. The van der Waals surface area contributed by atoms with Crippen LogP contribution < -0.4 is 5.32 Å². The summed E-state index contributed by atoms with van der Waals surface area (Å²) in [6, 6.07) is 1.95. The lowest BCUT2D eigenvalue weighted by molar-refractivity contribution is 0.770. The predicted molar refractivity (Wildman–Crippen MR) is 62.8 cm³/mol. The molecule has 0 spiro atoms. The van der Waals surface area contributed by atoms with Crippen molar-refractivity contribution in [1.29, 1.82) is 0 Å². The molecule has 0 aromatic carbocycles. The third-order valence-corrected chi connectivity index (χ3v) is 3.54. The van der Waals surface area contributed by atoms with Crippen molar-refractivity contribution in [3.63, 3.8) is 0 Å². The SMILES string of the molecule is ClC(CNc1ccncc1Br)C1CC1. The van der Waals surface area contributed by atoms with E-state index in [9.17, 15) is 0 Å². The lowest BCUT2D eigenvalue weighted by Gasteiger charge is -2.11. The molecule has 0 amide bonds. The first kappa shape index (κ1) is 10.2. The number of alkyl halides is 1. The second-order valence-corrected chi connectivity index (χ2v) is 5.00. The average Bonchev–Trinajstić information content (AvgIpc) is 2.99. The number of hydrogen-bond acceptors (Lipinski definition) is 2. The summed E-state index contributed by atoms with van der Waals surface area (Å²) < 4.78 is 0.986. The lowest BCUT2D eigenvalue weighted by atomic mass is 10.3. The Morgan fingerprint density at radius 1 is 1.64 bits per heavy atom. The maximum absolute atomic E-state index is 6.19. The Hall–Kier alpha value is -0.280. The normalized spacial score (nSPS) is 17.9. The number of aromatic nitrogens is 1. The fourth-order valence-electron chi connectivity index (χ4n) is 1.35. The van der Waals surface area contributed by atoms with E-state index in [1.165, 1.54) is 12.8 Å². The van der Waals surface area contributed by atoms with E-state index < -0.39 is 0 Å². The van der Waals surface area contributed by atoms with E-state index in [-0.39, 0.29) is 5.38 Å². The van der Waals surface area contributed by atoms with Crippen molar-refractivity contribution in [3.8, 4) is 0 Å². The fourth-order valence-corrected chi connectivity index (χ4v) is 2.07. The minimum Gasteiger partial charge on any atom is -0.383 e. The van der Waals surface area contributed by atoms with E-state index in [4.69, 9.17) is 11.6 Å². The van der Waals surface area contributed by atoms with E-state index in [1.807, 2.05) is 6.07 Å². The molecule has 1 aromatic heterocycles. The highest BCUT2D eigenvalue weighted by atomic mass is 79.9. The first-order valence-electron chi connectivity index (χ1n) is 4.75. The number of halogens is 2. The van der Waals surface area contributed by atoms with Gasteiger partial charge in [-0.3, -0.25) is 4.98 Å². The summed E-state index contributed by atoms with van der Waals surface area (Å²) in [6.07, 6.45) is 6.12. The summed E-state index contributed by atoms with van der Waals surface area (Å²) in [7, 11) is 0. The Morgan fingerprint density at radius 3 is 3.07 bits per heavy atom. The van der Waals surface area contributed by atoms with Gasteiger partial charge in [-0.1, -0.05) is 0 Å². The summed E-state index contributed by atoms with van der Waals surface area (Å²) in [5, 5.41) is 3.57. The molecule has 1 N–H and O–H groups in total. The summed E-state index contributed by atoms with van der Waals surface area (Å²) in [5.41, 5.74) is 1.06. The minimum absolute atomic E-state index is 0.259. The minimum atomic E-state index is 0.259. The first-order valence-corrected chi connectivity index (χ1v) is 5.98. The van der Waals surface area contributed by atoms with E-state index in [2.05, 4.69) is 26.2 Å². The summed E-state index contributed by atoms with van der Waals surface area (Å²) in [5.74, 6) is 0.727. The van der Waals surface area contributed by atoms with Gasteiger partial charge in [-0.05, 0) is 40.8 Å². The molecular formula is C10H12BrClN2. The monoisotopic (exact) mass is 274 g/mol. The molecule has 1 aliphatic rings. The predicted octanol–water partition coefficient (Wildman–Crippen LogP) is 3.27. The van der Waals surface area contributed by atoms with Crippen molar-refractivity contribution in [2.45, 2.75) is 18.2 Å². The lowest BCUT2D eigenvalue weighted by Crippen LogP contribution is -2.16.